The highest BCUT2D eigenvalue weighted by atomic mass is 16.5. The first-order valence-corrected chi connectivity index (χ1v) is 10.4. The zero-order valence-electron chi connectivity index (χ0n) is 18.6. The Balaban J connectivity index is 2.03. The van der Waals surface area contributed by atoms with Crippen molar-refractivity contribution in [3.8, 4) is 0 Å². The molecular weight excluding hydrogens is 390 g/mol. The lowest BCUT2D eigenvalue weighted by molar-refractivity contribution is -0.137. The predicted molar refractivity (Wildman–Crippen MR) is 120 cm³/mol. The number of hydrogen-bond donors (Lipinski definition) is 0. The molecule has 162 valence electrons. The van der Waals surface area contributed by atoms with Crippen molar-refractivity contribution in [2.24, 2.45) is 0 Å². The molecule has 3 rings (SSSR count). The molecule has 0 aromatic heterocycles. The van der Waals surface area contributed by atoms with E-state index in [1.54, 1.807) is 0 Å². The maximum Gasteiger partial charge on any atom is 0.336 e. The van der Waals surface area contributed by atoms with Crippen molar-refractivity contribution < 1.29 is 19.1 Å². The Morgan fingerprint density at radius 2 is 1.29 bits per heavy atom. The molecule has 2 aromatic rings. The minimum Gasteiger partial charge on any atom is -0.466 e. The molecule has 0 aliphatic carbocycles. The number of esters is 2. The number of nitrogens with zero attached hydrogens (tertiary/aromatic N) is 1. The number of carbonyl (C=O) groups is 2. The van der Waals surface area contributed by atoms with Crippen LogP contribution in [-0.2, 0) is 25.5 Å². The van der Waals surface area contributed by atoms with Crippen molar-refractivity contribution in [1.82, 2.24) is 4.90 Å². The third kappa shape index (κ3) is 4.71. The fourth-order valence-electron chi connectivity index (χ4n) is 4.26. The van der Waals surface area contributed by atoms with Crippen LogP contribution in [0.5, 0.6) is 0 Å². The van der Waals surface area contributed by atoms with Gasteiger partial charge in [-0.05, 0) is 37.8 Å². The maximum atomic E-state index is 12.9. The van der Waals surface area contributed by atoms with Crippen molar-refractivity contribution in [2.45, 2.75) is 32.6 Å². The van der Waals surface area contributed by atoms with Crippen LogP contribution in [0.25, 0.3) is 0 Å². The Kier molecular flexibility index (Phi) is 7.29. The summed E-state index contributed by atoms with van der Waals surface area (Å²) in [7, 11) is 2.74. The van der Waals surface area contributed by atoms with Gasteiger partial charge in [0.05, 0.1) is 31.3 Å². The van der Waals surface area contributed by atoms with Crippen molar-refractivity contribution in [1.29, 1.82) is 0 Å². The summed E-state index contributed by atoms with van der Waals surface area (Å²) in [5.41, 5.74) is 4.66. The van der Waals surface area contributed by atoms with Crippen LogP contribution in [0.2, 0.25) is 0 Å². The molecule has 0 amide bonds. The predicted octanol–water partition coefficient (Wildman–Crippen LogP) is 4.61. The Bertz CT molecular complexity index is 953. The quantitative estimate of drug-likeness (QED) is 0.614. The zero-order valence-corrected chi connectivity index (χ0v) is 18.6. The minimum atomic E-state index is -0.536. The van der Waals surface area contributed by atoms with Crippen LogP contribution in [0.3, 0.4) is 0 Å². The van der Waals surface area contributed by atoms with Gasteiger partial charge in [0.1, 0.15) is 0 Å². The van der Waals surface area contributed by atoms with E-state index in [1.807, 2.05) is 67.3 Å². The SMILES string of the molecule is COC(=O)C1=C(C)N(CCCc2ccccc2)C(C)=C(C(=O)OC)C1c1ccccc1. The number of methoxy groups -OCH3 is 2. The smallest absolute Gasteiger partial charge is 0.336 e. The van der Waals surface area contributed by atoms with Crippen molar-refractivity contribution in [2.75, 3.05) is 20.8 Å². The molecule has 31 heavy (non-hydrogen) atoms. The first-order chi connectivity index (χ1) is 15.0. The molecule has 0 saturated heterocycles. The van der Waals surface area contributed by atoms with Crippen LogP contribution < -0.4 is 0 Å². The zero-order chi connectivity index (χ0) is 22.4. The topological polar surface area (TPSA) is 55.8 Å². The number of hydrogen-bond acceptors (Lipinski definition) is 5. The van der Waals surface area contributed by atoms with Crippen molar-refractivity contribution >= 4 is 11.9 Å². The summed E-state index contributed by atoms with van der Waals surface area (Å²) in [6, 6.07) is 19.8. The monoisotopic (exact) mass is 419 g/mol. The molecule has 0 spiro atoms. The van der Waals surface area contributed by atoms with Gasteiger partial charge in [-0.3, -0.25) is 0 Å². The van der Waals surface area contributed by atoms with E-state index < -0.39 is 17.9 Å². The van der Waals surface area contributed by atoms with Gasteiger partial charge >= 0.3 is 11.9 Å². The molecule has 0 atom stereocenters. The van der Waals surface area contributed by atoms with Crippen LogP contribution in [-0.4, -0.2) is 37.6 Å². The maximum absolute atomic E-state index is 12.9. The van der Waals surface area contributed by atoms with E-state index in [2.05, 4.69) is 12.1 Å². The lowest BCUT2D eigenvalue weighted by Gasteiger charge is -2.37. The van der Waals surface area contributed by atoms with E-state index in [4.69, 9.17) is 9.47 Å². The molecular formula is C26H29NO4. The summed E-state index contributed by atoms with van der Waals surface area (Å²) < 4.78 is 10.3. The highest BCUT2D eigenvalue weighted by Gasteiger charge is 2.40. The lowest BCUT2D eigenvalue weighted by Crippen LogP contribution is -2.35. The van der Waals surface area contributed by atoms with E-state index in [1.165, 1.54) is 19.8 Å². The number of benzene rings is 2. The van der Waals surface area contributed by atoms with Gasteiger partial charge in [0.25, 0.3) is 0 Å². The molecule has 2 aromatic carbocycles. The van der Waals surface area contributed by atoms with Gasteiger partial charge in [-0.25, -0.2) is 9.59 Å². The van der Waals surface area contributed by atoms with E-state index in [0.29, 0.717) is 17.7 Å². The second-order valence-corrected chi connectivity index (χ2v) is 7.57. The molecule has 1 aliphatic heterocycles. The highest BCUT2D eigenvalue weighted by molar-refractivity contribution is 5.99. The summed E-state index contributed by atoms with van der Waals surface area (Å²) in [6.45, 7) is 4.51. The molecule has 5 nitrogen and oxygen atoms in total. The normalized spacial score (nSPS) is 14.6. The molecule has 5 heteroatoms. The van der Waals surface area contributed by atoms with Gasteiger partial charge in [-0.1, -0.05) is 60.7 Å². The second-order valence-electron chi connectivity index (χ2n) is 7.57. The molecule has 1 heterocycles. The first kappa shape index (κ1) is 22.3. The van der Waals surface area contributed by atoms with Crippen LogP contribution in [0.4, 0.5) is 0 Å². The van der Waals surface area contributed by atoms with Crippen LogP contribution in [0.1, 0.15) is 37.3 Å². The summed E-state index contributed by atoms with van der Waals surface area (Å²) in [4.78, 5) is 27.8. The summed E-state index contributed by atoms with van der Waals surface area (Å²) in [5, 5.41) is 0. The fraction of sp³-hybridized carbons (Fsp3) is 0.308. The van der Waals surface area contributed by atoms with E-state index in [9.17, 15) is 9.59 Å². The Hall–Kier alpha value is -3.34. The third-order valence-electron chi connectivity index (χ3n) is 5.80. The van der Waals surface area contributed by atoms with Gasteiger partial charge in [-0.2, -0.15) is 0 Å². The highest BCUT2D eigenvalue weighted by Crippen LogP contribution is 2.42. The number of allylic oxidation sites excluding steroid dienone is 2. The molecule has 0 saturated carbocycles. The van der Waals surface area contributed by atoms with Gasteiger partial charge in [0.2, 0.25) is 0 Å². The summed E-state index contributed by atoms with van der Waals surface area (Å²) in [6.07, 6.45) is 1.78. The van der Waals surface area contributed by atoms with E-state index in [-0.39, 0.29) is 0 Å². The Morgan fingerprint density at radius 3 is 1.77 bits per heavy atom. The summed E-state index contributed by atoms with van der Waals surface area (Å²) >= 11 is 0. The number of aryl methyl sites for hydroxylation is 1. The second kappa shape index (κ2) is 10.1. The van der Waals surface area contributed by atoms with Crippen LogP contribution in [0.15, 0.2) is 83.2 Å². The van der Waals surface area contributed by atoms with Gasteiger partial charge < -0.3 is 14.4 Å². The average molecular weight is 420 g/mol. The summed E-state index contributed by atoms with van der Waals surface area (Å²) in [5.74, 6) is -1.41. The molecule has 0 N–H and O–H groups in total. The van der Waals surface area contributed by atoms with Crippen molar-refractivity contribution in [3.63, 3.8) is 0 Å². The number of carbonyl (C=O) groups excluding carboxylic acids is 2. The minimum absolute atomic E-state index is 0.437. The molecule has 0 bridgehead atoms. The van der Waals surface area contributed by atoms with Crippen molar-refractivity contribution in [3.05, 3.63) is 94.3 Å². The fourth-order valence-corrected chi connectivity index (χ4v) is 4.26. The largest absolute Gasteiger partial charge is 0.466 e. The molecule has 1 aliphatic rings. The third-order valence-corrected chi connectivity index (χ3v) is 5.80. The molecule has 0 fully saturated rings. The molecule has 0 radical (unpaired) electrons. The lowest BCUT2D eigenvalue weighted by atomic mass is 9.79. The Labute approximate surface area is 184 Å². The van der Waals surface area contributed by atoms with Crippen LogP contribution in [0, 0.1) is 0 Å². The first-order valence-electron chi connectivity index (χ1n) is 10.4. The number of rotatable bonds is 7. The number of ether oxygens (including phenoxy) is 2. The standard InChI is InChI=1S/C26H29NO4/c1-18-22(25(28)30-3)24(21-15-9-6-10-16-21)23(26(29)31-4)19(2)27(18)17-11-14-20-12-7-5-8-13-20/h5-10,12-13,15-16,24H,11,14,17H2,1-4H3. The van der Waals surface area contributed by atoms with Gasteiger partial charge in [0, 0.05) is 17.9 Å². The van der Waals surface area contributed by atoms with E-state index in [0.717, 1.165) is 29.8 Å². The van der Waals surface area contributed by atoms with Crippen LogP contribution >= 0.6 is 0 Å². The average Bonchev–Trinajstić information content (AvgIpc) is 2.81. The van der Waals surface area contributed by atoms with Gasteiger partial charge in [-0.15, -0.1) is 0 Å². The van der Waals surface area contributed by atoms with Gasteiger partial charge in [0.15, 0.2) is 0 Å². The van der Waals surface area contributed by atoms with E-state index >= 15 is 0 Å². The molecule has 0 unspecified atom stereocenters. The Morgan fingerprint density at radius 1 is 0.806 bits per heavy atom.